The molecule has 2 unspecified atom stereocenters. The lowest BCUT2D eigenvalue weighted by atomic mass is 9.64. The molecule has 26 heavy (non-hydrogen) atoms. The molecule has 2 fully saturated rings. The number of aryl methyl sites for hydroxylation is 1. The van der Waals surface area contributed by atoms with Gasteiger partial charge in [-0.05, 0) is 49.1 Å². The maximum absolute atomic E-state index is 11.7. The molecule has 4 rings (SSSR count). The van der Waals surface area contributed by atoms with Crippen LogP contribution in [-0.2, 0) is 12.1 Å². The molecule has 1 saturated carbocycles. The van der Waals surface area contributed by atoms with Crippen LogP contribution in [-0.4, -0.2) is 35.2 Å². The Morgan fingerprint density at radius 1 is 1.19 bits per heavy atom. The van der Waals surface area contributed by atoms with Gasteiger partial charge in [0, 0.05) is 37.7 Å². The Bertz CT molecular complexity index is 745. The fraction of sp³-hybridized carbons (Fsp3) is 0.500. The first-order valence-corrected chi connectivity index (χ1v) is 9.60. The van der Waals surface area contributed by atoms with Gasteiger partial charge in [0.1, 0.15) is 11.4 Å². The molecule has 4 nitrogen and oxygen atoms in total. The SMILES string of the molecule is COc1cccc(CN2CC3CCCC(C2)C3(O)c2ccc(C)cn2)c1. The number of hydrogen-bond donors (Lipinski definition) is 1. The van der Waals surface area contributed by atoms with Crippen LogP contribution in [0.3, 0.4) is 0 Å². The van der Waals surface area contributed by atoms with Crippen LogP contribution >= 0.6 is 0 Å². The molecular formula is C22H28N2O2. The second-order valence-electron chi connectivity index (χ2n) is 7.92. The van der Waals surface area contributed by atoms with E-state index in [1.165, 1.54) is 12.0 Å². The van der Waals surface area contributed by atoms with Gasteiger partial charge in [-0.2, -0.15) is 0 Å². The van der Waals surface area contributed by atoms with Gasteiger partial charge in [0.15, 0.2) is 0 Å². The molecule has 1 saturated heterocycles. The Kier molecular flexibility index (Phi) is 4.72. The van der Waals surface area contributed by atoms with Crippen LogP contribution in [0.5, 0.6) is 5.75 Å². The lowest BCUT2D eigenvalue weighted by Gasteiger charge is -2.52. The fourth-order valence-corrected chi connectivity index (χ4v) is 4.82. The van der Waals surface area contributed by atoms with E-state index in [0.29, 0.717) is 0 Å². The van der Waals surface area contributed by atoms with E-state index >= 15 is 0 Å². The average Bonchev–Trinajstić information content (AvgIpc) is 2.63. The Morgan fingerprint density at radius 2 is 1.96 bits per heavy atom. The standard InChI is InChI=1S/C22H28N2O2/c1-16-9-10-21(23-12-16)22(25)18-6-4-7-19(22)15-24(14-18)13-17-5-3-8-20(11-17)26-2/h3,5,8-12,18-19,25H,4,6-7,13-15H2,1-2H3. The summed E-state index contributed by atoms with van der Waals surface area (Å²) in [5, 5.41) is 11.7. The molecule has 1 aliphatic carbocycles. The molecule has 0 amide bonds. The maximum atomic E-state index is 11.7. The quantitative estimate of drug-likeness (QED) is 0.914. The van der Waals surface area contributed by atoms with Gasteiger partial charge in [-0.3, -0.25) is 9.88 Å². The predicted octanol–water partition coefficient (Wildman–Crippen LogP) is 3.52. The third-order valence-corrected chi connectivity index (χ3v) is 6.17. The summed E-state index contributed by atoms with van der Waals surface area (Å²) in [5.74, 6) is 1.40. The van der Waals surface area contributed by atoms with Crippen LogP contribution in [0.4, 0.5) is 0 Å². The van der Waals surface area contributed by atoms with Crippen molar-refractivity contribution in [2.75, 3.05) is 20.2 Å². The number of rotatable bonds is 4. The smallest absolute Gasteiger partial charge is 0.119 e. The van der Waals surface area contributed by atoms with Gasteiger partial charge in [0.25, 0.3) is 0 Å². The van der Waals surface area contributed by atoms with Crippen LogP contribution in [0, 0.1) is 18.8 Å². The van der Waals surface area contributed by atoms with Crippen molar-refractivity contribution in [3.63, 3.8) is 0 Å². The highest BCUT2D eigenvalue weighted by molar-refractivity contribution is 5.29. The van der Waals surface area contributed by atoms with Gasteiger partial charge in [0.05, 0.1) is 12.8 Å². The molecule has 138 valence electrons. The van der Waals surface area contributed by atoms with E-state index in [-0.39, 0.29) is 11.8 Å². The zero-order chi connectivity index (χ0) is 18.1. The summed E-state index contributed by atoms with van der Waals surface area (Å²) in [6, 6.07) is 12.4. The molecule has 1 aromatic heterocycles. The third kappa shape index (κ3) is 3.12. The number of methoxy groups -OCH3 is 1. The van der Waals surface area contributed by atoms with E-state index in [1.807, 2.05) is 31.3 Å². The average molecular weight is 352 g/mol. The van der Waals surface area contributed by atoms with Crippen molar-refractivity contribution < 1.29 is 9.84 Å². The van der Waals surface area contributed by atoms with Crippen molar-refractivity contribution in [3.8, 4) is 5.75 Å². The first-order chi connectivity index (χ1) is 12.6. The highest BCUT2D eigenvalue weighted by atomic mass is 16.5. The lowest BCUT2D eigenvalue weighted by Crippen LogP contribution is -2.58. The zero-order valence-electron chi connectivity index (χ0n) is 15.7. The maximum Gasteiger partial charge on any atom is 0.119 e. The normalized spacial score (nSPS) is 28.7. The number of fused-ring (bicyclic) bond motifs is 2. The van der Waals surface area contributed by atoms with E-state index in [4.69, 9.17) is 4.74 Å². The van der Waals surface area contributed by atoms with Crippen molar-refractivity contribution in [1.82, 2.24) is 9.88 Å². The Labute approximate surface area is 155 Å². The third-order valence-electron chi connectivity index (χ3n) is 6.17. The second-order valence-corrected chi connectivity index (χ2v) is 7.92. The van der Waals surface area contributed by atoms with Crippen molar-refractivity contribution in [2.45, 2.75) is 38.3 Å². The van der Waals surface area contributed by atoms with Crippen molar-refractivity contribution >= 4 is 0 Å². The Morgan fingerprint density at radius 3 is 2.62 bits per heavy atom. The minimum atomic E-state index is -0.781. The highest BCUT2D eigenvalue weighted by Gasteiger charge is 2.52. The lowest BCUT2D eigenvalue weighted by molar-refractivity contribution is -0.151. The summed E-state index contributed by atoms with van der Waals surface area (Å²) >= 11 is 0. The Hall–Kier alpha value is -1.91. The van der Waals surface area contributed by atoms with Gasteiger partial charge in [-0.15, -0.1) is 0 Å². The first-order valence-electron chi connectivity index (χ1n) is 9.60. The number of nitrogens with zero attached hydrogens (tertiary/aromatic N) is 2. The molecular weight excluding hydrogens is 324 g/mol. The van der Waals surface area contributed by atoms with Gasteiger partial charge >= 0.3 is 0 Å². The van der Waals surface area contributed by atoms with E-state index in [9.17, 15) is 5.11 Å². The molecule has 2 heterocycles. The largest absolute Gasteiger partial charge is 0.497 e. The molecule has 0 radical (unpaired) electrons. The molecule has 2 atom stereocenters. The van der Waals surface area contributed by atoms with E-state index in [0.717, 1.165) is 49.5 Å². The molecule has 1 N–H and O–H groups in total. The van der Waals surface area contributed by atoms with Crippen LogP contribution in [0.15, 0.2) is 42.6 Å². The number of ether oxygens (including phenoxy) is 1. The number of pyridine rings is 1. The van der Waals surface area contributed by atoms with Gasteiger partial charge in [-0.1, -0.05) is 24.6 Å². The summed E-state index contributed by atoms with van der Waals surface area (Å²) in [5.41, 5.74) is 2.48. The van der Waals surface area contributed by atoms with Crippen LogP contribution in [0.25, 0.3) is 0 Å². The van der Waals surface area contributed by atoms with Crippen molar-refractivity contribution in [1.29, 1.82) is 0 Å². The van der Waals surface area contributed by atoms with E-state index < -0.39 is 5.60 Å². The minimum absolute atomic E-state index is 0.246. The minimum Gasteiger partial charge on any atom is -0.497 e. The topological polar surface area (TPSA) is 45.6 Å². The molecule has 0 spiro atoms. The zero-order valence-corrected chi connectivity index (χ0v) is 15.7. The molecule has 4 heteroatoms. The molecule has 2 aliphatic rings. The number of likely N-dealkylation sites (tertiary alicyclic amines) is 1. The number of hydrogen-bond acceptors (Lipinski definition) is 4. The van der Waals surface area contributed by atoms with E-state index in [2.05, 4.69) is 28.1 Å². The van der Waals surface area contributed by atoms with Crippen molar-refractivity contribution in [3.05, 3.63) is 59.4 Å². The molecule has 1 aliphatic heterocycles. The van der Waals surface area contributed by atoms with E-state index in [1.54, 1.807) is 7.11 Å². The molecule has 2 bridgehead atoms. The fourth-order valence-electron chi connectivity index (χ4n) is 4.82. The summed E-state index contributed by atoms with van der Waals surface area (Å²) in [4.78, 5) is 7.09. The van der Waals surface area contributed by atoms with Crippen LogP contribution in [0.2, 0.25) is 0 Å². The van der Waals surface area contributed by atoms with Gasteiger partial charge < -0.3 is 9.84 Å². The number of piperidine rings is 1. The first kappa shape index (κ1) is 17.5. The summed E-state index contributed by atoms with van der Waals surface area (Å²) < 4.78 is 5.35. The highest BCUT2D eigenvalue weighted by Crippen LogP contribution is 2.48. The van der Waals surface area contributed by atoms with Crippen LogP contribution < -0.4 is 4.74 Å². The predicted molar refractivity (Wildman–Crippen MR) is 102 cm³/mol. The number of benzene rings is 1. The van der Waals surface area contributed by atoms with Crippen LogP contribution in [0.1, 0.15) is 36.1 Å². The van der Waals surface area contributed by atoms with Gasteiger partial charge in [0.2, 0.25) is 0 Å². The number of aromatic nitrogens is 1. The van der Waals surface area contributed by atoms with Crippen molar-refractivity contribution in [2.24, 2.45) is 11.8 Å². The number of aliphatic hydroxyl groups is 1. The second kappa shape index (κ2) is 7.01. The molecule has 2 aromatic rings. The summed E-state index contributed by atoms with van der Waals surface area (Å²) in [6.45, 7) is 4.78. The van der Waals surface area contributed by atoms with Gasteiger partial charge in [-0.25, -0.2) is 0 Å². The molecule has 1 aromatic carbocycles. The monoisotopic (exact) mass is 352 g/mol. The summed E-state index contributed by atoms with van der Waals surface area (Å²) in [6.07, 6.45) is 5.22. The Balaban J connectivity index is 1.55. The summed E-state index contributed by atoms with van der Waals surface area (Å²) in [7, 11) is 1.71.